The van der Waals surface area contributed by atoms with Crippen molar-refractivity contribution in [3.05, 3.63) is 35.9 Å². The number of hydrazine groups is 1. The molecule has 0 bridgehead atoms. The van der Waals surface area contributed by atoms with Crippen molar-refractivity contribution in [2.75, 3.05) is 13.2 Å². The zero-order valence-electron chi connectivity index (χ0n) is 14.9. The van der Waals surface area contributed by atoms with Crippen LogP contribution in [0.5, 0.6) is 0 Å². The molecule has 2 N–H and O–H groups in total. The maximum Gasteiger partial charge on any atom is 0.151 e. The molecule has 136 valence electrons. The molecule has 3 rings (SSSR count). The van der Waals surface area contributed by atoms with E-state index in [1.54, 1.807) is 0 Å². The Balaban J connectivity index is 1.39. The van der Waals surface area contributed by atoms with Gasteiger partial charge < -0.3 is 4.74 Å². The molecule has 1 aliphatic heterocycles. The Kier molecular flexibility index (Phi) is 6.34. The lowest BCUT2D eigenvalue weighted by atomic mass is 9.81. The van der Waals surface area contributed by atoms with Crippen molar-refractivity contribution >= 4 is 11.6 Å². The molecule has 1 aromatic carbocycles. The van der Waals surface area contributed by atoms with Gasteiger partial charge in [0.15, 0.2) is 5.78 Å². The van der Waals surface area contributed by atoms with E-state index < -0.39 is 0 Å². The summed E-state index contributed by atoms with van der Waals surface area (Å²) in [6.07, 6.45) is 2.84. The summed E-state index contributed by atoms with van der Waals surface area (Å²) in [6, 6.07) is 9.95. The molecule has 2 fully saturated rings. The molecule has 1 saturated carbocycles. The van der Waals surface area contributed by atoms with E-state index in [0.29, 0.717) is 38.5 Å². The molecule has 25 heavy (non-hydrogen) atoms. The number of Topliss-reactive ketones (excluding diaryl/α,β-unsaturated/α-hetero) is 2. The lowest BCUT2D eigenvalue weighted by molar-refractivity contribution is -0.127. The van der Waals surface area contributed by atoms with Crippen LogP contribution in [0.25, 0.3) is 0 Å². The zero-order valence-corrected chi connectivity index (χ0v) is 14.9. The fourth-order valence-corrected chi connectivity index (χ4v) is 3.88. The van der Waals surface area contributed by atoms with E-state index in [1.165, 1.54) is 5.56 Å². The quantitative estimate of drug-likeness (QED) is 0.757. The Hall–Kier alpha value is -1.56. The van der Waals surface area contributed by atoms with Crippen LogP contribution in [0.1, 0.15) is 38.2 Å². The number of benzene rings is 1. The predicted molar refractivity (Wildman–Crippen MR) is 95.7 cm³/mol. The molecular weight excluding hydrogens is 316 g/mol. The van der Waals surface area contributed by atoms with E-state index in [-0.39, 0.29) is 29.4 Å². The molecule has 1 aromatic rings. The summed E-state index contributed by atoms with van der Waals surface area (Å²) in [6.45, 7) is 4.04. The third-order valence-corrected chi connectivity index (χ3v) is 5.41. The Bertz CT molecular complexity index is 590. The molecule has 1 saturated heterocycles. The minimum absolute atomic E-state index is 0.0323. The van der Waals surface area contributed by atoms with E-state index in [1.807, 2.05) is 18.2 Å². The van der Waals surface area contributed by atoms with Gasteiger partial charge in [-0.25, -0.2) is 5.43 Å². The molecule has 4 unspecified atom stereocenters. The summed E-state index contributed by atoms with van der Waals surface area (Å²) in [7, 11) is 0. The lowest BCUT2D eigenvalue weighted by Crippen LogP contribution is -2.57. The third kappa shape index (κ3) is 4.75. The van der Waals surface area contributed by atoms with Crippen molar-refractivity contribution in [3.63, 3.8) is 0 Å². The Morgan fingerprint density at radius 3 is 2.92 bits per heavy atom. The van der Waals surface area contributed by atoms with E-state index >= 15 is 0 Å². The molecule has 5 heteroatoms. The molecule has 5 nitrogen and oxygen atoms in total. The van der Waals surface area contributed by atoms with Crippen LogP contribution in [-0.4, -0.2) is 30.8 Å². The van der Waals surface area contributed by atoms with Gasteiger partial charge >= 0.3 is 0 Å². The monoisotopic (exact) mass is 344 g/mol. The molecule has 0 radical (unpaired) electrons. The zero-order chi connectivity index (χ0) is 17.6. The van der Waals surface area contributed by atoms with Crippen molar-refractivity contribution < 1.29 is 14.3 Å². The van der Waals surface area contributed by atoms with E-state index in [0.717, 1.165) is 12.8 Å². The van der Waals surface area contributed by atoms with Crippen LogP contribution in [0.3, 0.4) is 0 Å². The van der Waals surface area contributed by atoms with Crippen LogP contribution < -0.4 is 10.9 Å². The lowest BCUT2D eigenvalue weighted by Gasteiger charge is -2.33. The van der Waals surface area contributed by atoms with Crippen LogP contribution in [0.15, 0.2) is 30.3 Å². The summed E-state index contributed by atoms with van der Waals surface area (Å²) >= 11 is 0. The number of ketones is 2. The molecule has 1 aliphatic carbocycles. The van der Waals surface area contributed by atoms with Gasteiger partial charge in [-0.05, 0) is 30.2 Å². The SMILES string of the molecule is CC(CCC(=O)C1CNNC2C(=O)CCC12)COCc1ccccc1. The summed E-state index contributed by atoms with van der Waals surface area (Å²) in [4.78, 5) is 24.5. The van der Waals surface area contributed by atoms with Gasteiger partial charge in [-0.1, -0.05) is 37.3 Å². The summed E-state index contributed by atoms with van der Waals surface area (Å²) < 4.78 is 5.76. The highest BCUT2D eigenvalue weighted by molar-refractivity contribution is 5.89. The first-order chi connectivity index (χ1) is 12.1. The highest BCUT2D eigenvalue weighted by atomic mass is 16.5. The second-order valence-corrected chi connectivity index (χ2v) is 7.39. The van der Waals surface area contributed by atoms with E-state index in [2.05, 4.69) is 29.9 Å². The van der Waals surface area contributed by atoms with Crippen LogP contribution >= 0.6 is 0 Å². The molecule has 0 amide bonds. The van der Waals surface area contributed by atoms with Gasteiger partial charge in [-0.2, -0.15) is 0 Å². The van der Waals surface area contributed by atoms with Gasteiger partial charge in [0.05, 0.1) is 12.6 Å². The first kappa shape index (κ1) is 18.2. The summed E-state index contributed by atoms with van der Waals surface area (Å²) in [5.41, 5.74) is 7.26. The number of hydrogen-bond donors (Lipinski definition) is 2. The Morgan fingerprint density at radius 1 is 1.32 bits per heavy atom. The second-order valence-electron chi connectivity index (χ2n) is 7.39. The molecule has 0 aromatic heterocycles. The summed E-state index contributed by atoms with van der Waals surface area (Å²) in [5.74, 6) is 1.01. The number of carbonyl (C=O) groups excluding carboxylic acids is 2. The fraction of sp³-hybridized carbons (Fsp3) is 0.600. The minimum atomic E-state index is -0.172. The number of ether oxygens (including phenoxy) is 1. The standard InChI is InChI=1S/C20H28N2O3/c1-14(12-25-13-15-5-3-2-4-6-15)7-9-18(23)17-11-21-22-20-16(17)8-10-19(20)24/h2-6,14,16-17,20-22H,7-13H2,1H3. The largest absolute Gasteiger partial charge is 0.376 e. The molecule has 2 aliphatic rings. The number of rotatable bonds is 8. The van der Waals surface area contributed by atoms with Crippen LogP contribution in [0, 0.1) is 17.8 Å². The smallest absolute Gasteiger partial charge is 0.151 e. The van der Waals surface area contributed by atoms with Gasteiger partial charge in [0.2, 0.25) is 0 Å². The average Bonchev–Trinajstić information content (AvgIpc) is 3.02. The normalized spacial score (nSPS) is 27.1. The third-order valence-electron chi connectivity index (χ3n) is 5.41. The van der Waals surface area contributed by atoms with Crippen LogP contribution in [0.4, 0.5) is 0 Å². The molecular formula is C20H28N2O3. The Morgan fingerprint density at radius 2 is 2.12 bits per heavy atom. The van der Waals surface area contributed by atoms with Crippen LogP contribution in [0.2, 0.25) is 0 Å². The van der Waals surface area contributed by atoms with Gasteiger partial charge in [0, 0.05) is 31.9 Å². The number of hydrogen-bond acceptors (Lipinski definition) is 5. The summed E-state index contributed by atoms with van der Waals surface area (Å²) in [5, 5.41) is 0. The fourth-order valence-electron chi connectivity index (χ4n) is 3.88. The molecule has 0 spiro atoms. The number of fused-ring (bicyclic) bond motifs is 1. The highest BCUT2D eigenvalue weighted by Crippen LogP contribution is 2.32. The van der Waals surface area contributed by atoms with E-state index in [9.17, 15) is 9.59 Å². The van der Waals surface area contributed by atoms with Crippen molar-refractivity contribution in [3.8, 4) is 0 Å². The van der Waals surface area contributed by atoms with Crippen molar-refractivity contribution in [2.24, 2.45) is 17.8 Å². The maximum absolute atomic E-state index is 12.6. The van der Waals surface area contributed by atoms with Gasteiger partial charge in [0.25, 0.3) is 0 Å². The van der Waals surface area contributed by atoms with Crippen molar-refractivity contribution in [1.29, 1.82) is 0 Å². The molecule has 4 atom stereocenters. The average molecular weight is 344 g/mol. The topological polar surface area (TPSA) is 67.4 Å². The van der Waals surface area contributed by atoms with Crippen molar-refractivity contribution in [1.82, 2.24) is 10.9 Å². The Labute approximate surface area is 149 Å². The first-order valence-corrected chi connectivity index (χ1v) is 9.30. The van der Waals surface area contributed by atoms with Gasteiger partial charge in [-0.3, -0.25) is 15.0 Å². The second kappa shape index (κ2) is 8.70. The number of nitrogens with one attached hydrogen (secondary N) is 2. The molecule has 1 heterocycles. The van der Waals surface area contributed by atoms with Crippen molar-refractivity contribution in [2.45, 2.75) is 45.3 Å². The maximum atomic E-state index is 12.6. The van der Waals surface area contributed by atoms with Gasteiger partial charge in [0.1, 0.15) is 5.78 Å². The van der Waals surface area contributed by atoms with Crippen LogP contribution in [-0.2, 0) is 20.9 Å². The predicted octanol–water partition coefficient (Wildman–Crippen LogP) is 2.26. The van der Waals surface area contributed by atoms with Gasteiger partial charge in [-0.15, -0.1) is 0 Å². The number of carbonyl (C=O) groups is 2. The first-order valence-electron chi connectivity index (χ1n) is 9.30. The minimum Gasteiger partial charge on any atom is -0.376 e. The van der Waals surface area contributed by atoms with E-state index in [4.69, 9.17) is 4.74 Å². The highest BCUT2D eigenvalue weighted by Gasteiger charge is 2.44.